The van der Waals surface area contributed by atoms with Crippen LogP contribution in [0.15, 0.2) is 18.2 Å². The fourth-order valence-corrected chi connectivity index (χ4v) is 1.10. The Balaban J connectivity index is 3.08. The number of phenolic OH excluding ortho intramolecular Hbond substituents is 1. The minimum atomic E-state index is -2.61. The van der Waals surface area contributed by atoms with Crippen molar-refractivity contribution in [3.63, 3.8) is 0 Å². The summed E-state index contributed by atoms with van der Waals surface area (Å²) in [5, 5.41) is 18.0. The van der Waals surface area contributed by atoms with Gasteiger partial charge in [-0.3, -0.25) is 0 Å². The highest BCUT2D eigenvalue weighted by Gasteiger charge is 2.14. The maximum Gasteiger partial charge on any atom is 0.263 e. The monoisotopic (exact) mass is 203 g/mol. The number of aliphatic hydroxyl groups is 1. The van der Waals surface area contributed by atoms with Crippen molar-refractivity contribution in [2.24, 2.45) is 5.73 Å². The zero-order valence-corrected chi connectivity index (χ0v) is 7.32. The Morgan fingerprint density at radius 1 is 1.36 bits per heavy atom. The Morgan fingerprint density at radius 3 is 2.50 bits per heavy atom. The molecule has 0 bridgehead atoms. The molecule has 1 aromatic rings. The van der Waals surface area contributed by atoms with Gasteiger partial charge in [-0.15, -0.1) is 0 Å². The van der Waals surface area contributed by atoms with E-state index in [1.807, 2.05) is 0 Å². The van der Waals surface area contributed by atoms with Crippen molar-refractivity contribution in [3.05, 3.63) is 29.3 Å². The van der Waals surface area contributed by atoms with Crippen molar-refractivity contribution < 1.29 is 19.0 Å². The van der Waals surface area contributed by atoms with Gasteiger partial charge in [0.25, 0.3) is 6.43 Å². The van der Waals surface area contributed by atoms with E-state index in [0.29, 0.717) is 0 Å². The molecule has 0 aromatic heterocycles. The number of halogens is 2. The molecular weight excluding hydrogens is 192 g/mol. The van der Waals surface area contributed by atoms with E-state index in [9.17, 15) is 13.9 Å². The predicted molar refractivity (Wildman–Crippen MR) is 47.1 cm³/mol. The molecule has 1 unspecified atom stereocenters. The molecule has 14 heavy (non-hydrogen) atoms. The lowest BCUT2D eigenvalue weighted by Gasteiger charge is -2.12. The number of aliphatic hydroxyl groups excluding tert-OH is 1. The van der Waals surface area contributed by atoms with Crippen LogP contribution in [0.25, 0.3) is 0 Å². The summed E-state index contributed by atoms with van der Waals surface area (Å²) in [6, 6.07) is 2.52. The molecule has 78 valence electrons. The second-order valence-corrected chi connectivity index (χ2v) is 2.91. The third kappa shape index (κ3) is 2.18. The number of alkyl halides is 2. The normalized spacial score (nSPS) is 13.2. The summed E-state index contributed by atoms with van der Waals surface area (Å²) in [4.78, 5) is 0. The van der Waals surface area contributed by atoms with Crippen LogP contribution in [0.3, 0.4) is 0 Å². The molecule has 0 fully saturated rings. The van der Waals surface area contributed by atoms with Gasteiger partial charge in [-0.05, 0) is 18.2 Å². The van der Waals surface area contributed by atoms with E-state index in [2.05, 4.69) is 0 Å². The van der Waals surface area contributed by atoms with Crippen LogP contribution >= 0.6 is 0 Å². The van der Waals surface area contributed by atoms with Crippen LogP contribution in [0.4, 0.5) is 8.78 Å². The third-order valence-corrected chi connectivity index (χ3v) is 1.90. The van der Waals surface area contributed by atoms with Crippen LogP contribution in [-0.2, 0) is 0 Å². The number of hydrogen-bond acceptors (Lipinski definition) is 3. The Morgan fingerprint density at radius 2 is 2.00 bits per heavy atom. The SMILES string of the molecule is NC(CO)c1cc(C(F)F)ccc1O. The minimum Gasteiger partial charge on any atom is -0.508 e. The summed E-state index contributed by atoms with van der Waals surface area (Å²) in [7, 11) is 0. The highest BCUT2D eigenvalue weighted by Crippen LogP contribution is 2.28. The zero-order valence-electron chi connectivity index (χ0n) is 7.32. The molecule has 4 N–H and O–H groups in total. The first kappa shape index (κ1) is 10.9. The van der Waals surface area contributed by atoms with E-state index in [1.54, 1.807) is 0 Å². The quantitative estimate of drug-likeness (QED) is 0.694. The van der Waals surface area contributed by atoms with Crippen LogP contribution in [0.1, 0.15) is 23.6 Å². The average molecular weight is 203 g/mol. The molecule has 0 saturated heterocycles. The number of aromatic hydroxyl groups is 1. The maximum atomic E-state index is 12.3. The average Bonchev–Trinajstić information content (AvgIpc) is 2.17. The topological polar surface area (TPSA) is 66.5 Å². The fourth-order valence-electron chi connectivity index (χ4n) is 1.10. The summed E-state index contributed by atoms with van der Waals surface area (Å²) in [5.74, 6) is -0.184. The second-order valence-electron chi connectivity index (χ2n) is 2.91. The van der Waals surface area contributed by atoms with Crippen molar-refractivity contribution in [2.75, 3.05) is 6.61 Å². The van der Waals surface area contributed by atoms with Gasteiger partial charge in [0.15, 0.2) is 0 Å². The van der Waals surface area contributed by atoms with Gasteiger partial charge in [-0.25, -0.2) is 8.78 Å². The number of hydrogen-bond donors (Lipinski definition) is 3. The van der Waals surface area contributed by atoms with E-state index in [4.69, 9.17) is 10.8 Å². The minimum absolute atomic E-state index is 0.130. The molecule has 0 aliphatic rings. The molecule has 0 heterocycles. The Kier molecular flexibility index (Phi) is 3.38. The largest absolute Gasteiger partial charge is 0.508 e. The summed E-state index contributed by atoms with van der Waals surface area (Å²) in [6.45, 7) is -0.403. The molecular formula is C9H11F2NO2. The number of nitrogens with two attached hydrogens (primary N) is 1. The highest BCUT2D eigenvalue weighted by atomic mass is 19.3. The summed E-state index contributed by atoms with van der Waals surface area (Å²) in [6.07, 6.45) is -2.61. The van der Waals surface area contributed by atoms with Gasteiger partial charge in [-0.2, -0.15) is 0 Å². The van der Waals surface area contributed by atoms with Crippen LogP contribution in [0.2, 0.25) is 0 Å². The second kappa shape index (κ2) is 4.34. The highest BCUT2D eigenvalue weighted by molar-refractivity contribution is 5.38. The molecule has 0 aliphatic carbocycles. The van der Waals surface area contributed by atoms with Gasteiger partial charge in [0.05, 0.1) is 12.6 Å². The Hall–Kier alpha value is -1.20. The van der Waals surface area contributed by atoms with Crippen LogP contribution in [0, 0.1) is 0 Å². The molecule has 1 atom stereocenters. The van der Waals surface area contributed by atoms with Crippen molar-refractivity contribution in [3.8, 4) is 5.75 Å². The maximum absolute atomic E-state index is 12.3. The van der Waals surface area contributed by atoms with E-state index in [1.165, 1.54) is 0 Å². The van der Waals surface area contributed by atoms with Gasteiger partial charge in [0.2, 0.25) is 0 Å². The molecule has 3 nitrogen and oxygen atoms in total. The summed E-state index contributed by atoms with van der Waals surface area (Å²) in [5.41, 5.74) is 5.32. The van der Waals surface area contributed by atoms with E-state index < -0.39 is 19.1 Å². The van der Waals surface area contributed by atoms with E-state index >= 15 is 0 Å². The number of benzene rings is 1. The van der Waals surface area contributed by atoms with Crippen LogP contribution in [-0.4, -0.2) is 16.8 Å². The lowest BCUT2D eigenvalue weighted by Crippen LogP contribution is -2.14. The standard InChI is InChI=1S/C9H11F2NO2/c10-9(11)5-1-2-8(14)6(3-5)7(12)4-13/h1-3,7,9,13-14H,4,12H2. The van der Waals surface area contributed by atoms with E-state index in [-0.39, 0.29) is 16.9 Å². The van der Waals surface area contributed by atoms with Crippen LogP contribution in [0.5, 0.6) is 5.75 Å². The lowest BCUT2D eigenvalue weighted by molar-refractivity contribution is 0.151. The molecule has 1 aromatic carbocycles. The molecule has 1 rings (SSSR count). The smallest absolute Gasteiger partial charge is 0.263 e. The van der Waals surface area contributed by atoms with E-state index in [0.717, 1.165) is 18.2 Å². The summed E-state index contributed by atoms with van der Waals surface area (Å²) < 4.78 is 24.5. The first-order valence-corrected chi connectivity index (χ1v) is 4.03. The molecule has 0 radical (unpaired) electrons. The first-order chi connectivity index (χ1) is 6.56. The zero-order chi connectivity index (χ0) is 10.7. The van der Waals surface area contributed by atoms with Crippen molar-refractivity contribution in [2.45, 2.75) is 12.5 Å². The number of rotatable bonds is 3. The van der Waals surface area contributed by atoms with Gasteiger partial charge < -0.3 is 15.9 Å². The number of phenols is 1. The van der Waals surface area contributed by atoms with Crippen molar-refractivity contribution >= 4 is 0 Å². The molecule has 0 spiro atoms. The fraction of sp³-hybridized carbons (Fsp3) is 0.333. The third-order valence-electron chi connectivity index (χ3n) is 1.90. The first-order valence-electron chi connectivity index (χ1n) is 4.03. The van der Waals surface area contributed by atoms with Gasteiger partial charge >= 0.3 is 0 Å². The summed E-state index contributed by atoms with van der Waals surface area (Å²) >= 11 is 0. The molecule has 0 amide bonds. The Bertz CT molecular complexity index is 318. The van der Waals surface area contributed by atoms with Gasteiger partial charge in [0.1, 0.15) is 5.75 Å². The molecule has 0 aliphatic heterocycles. The molecule has 5 heteroatoms. The van der Waals surface area contributed by atoms with Crippen molar-refractivity contribution in [1.82, 2.24) is 0 Å². The van der Waals surface area contributed by atoms with Crippen molar-refractivity contribution in [1.29, 1.82) is 0 Å². The van der Waals surface area contributed by atoms with Gasteiger partial charge in [-0.1, -0.05) is 0 Å². The lowest BCUT2D eigenvalue weighted by atomic mass is 10.0. The molecule has 0 saturated carbocycles. The Labute approximate surface area is 79.8 Å². The predicted octanol–water partition coefficient (Wildman–Crippen LogP) is 1.32. The van der Waals surface area contributed by atoms with Crippen LogP contribution < -0.4 is 5.73 Å². The van der Waals surface area contributed by atoms with Gasteiger partial charge in [0, 0.05) is 11.1 Å².